The van der Waals surface area contributed by atoms with Gasteiger partial charge in [0.1, 0.15) is 64.3 Å². The lowest BCUT2D eigenvalue weighted by Gasteiger charge is -2.43. The molecule has 1 fully saturated rings. The van der Waals surface area contributed by atoms with E-state index in [4.69, 9.17) is 23.4 Å². The monoisotopic (exact) mass is 452 g/mol. The first-order valence-electron chi connectivity index (χ1n) is 10.4. The second-order valence-electron chi connectivity index (χ2n) is 8.71. The maximum Gasteiger partial charge on any atom is 0.196 e. The van der Waals surface area contributed by atoms with E-state index in [1.807, 2.05) is 0 Å². The number of aliphatic hydroxyl groups is 4. The number of fused-ring (bicyclic) bond motifs is 2. The quantitative estimate of drug-likeness (QED) is 0.489. The highest BCUT2D eigenvalue weighted by atomic mass is 16.7. The SMILES string of the molecule is COc1c2c(cc3oc(C)cc(=O)c13)OC(C(C)(C)O[C@H]1O[C@@H](CO)[C@H](O)[C@@H](O)[C@@H]1O)C2. The van der Waals surface area contributed by atoms with Gasteiger partial charge in [-0.2, -0.15) is 0 Å². The third-order valence-electron chi connectivity index (χ3n) is 6.07. The summed E-state index contributed by atoms with van der Waals surface area (Å²) in [4.78, 5) is 12.6. The Bertz CT molecular complexity index is 1060. The molecular weight excluding hydrogens is 424 g/mol. The van der Waals surface area contributed by atoms with E-state index in [1.54, 1.807) is 26.8 Å². The molecule has 4 rings (SSSR count). The normalized spacial score (nSPS) is 30.2. The van der Waals surface area contributed by atoms with E-state index in [9.17, 15) is 25.2 Å². The van der Waals surface area contributed by atoms with E-state index in [1.165, 1.54) is 13.2 Å². The van der Waals surface area contributed by atoms with E-state index < -0.39 is 49.0 Å². The largest absolute Gasteiger partial charge is 0.495 e. The fourth-order valence-corrected chi connectivity index (χ4v) is 4.26. The molecule has 10 heteroatoms. The zero-order chi connectivity index (χ0) is 23.4. The van der Waals surface area contributed by atoms with Gasteiger partial charge in [0.2, 0.25) is 0 Å². The highest BCUT2D eigenvalue weighted by molar-refractivity contribution is 5.87. The number of ether oxygens (including phenoxy) is 4. The van der Waals surface area contributed by atoms with Gasteiger partial charge in [0.25, 0.3) is 0 Å². The van der Waals surface area contributed by atoms with Crippen LogP contribution in [0.2, 0.25) is 0 Å². The molecule has 2 aliphatic heterocycles. The number of aryl methyl sites for hydroxylation is 1. The molecule has 3 heterocycles. The molecule has 1 saturated heterocycles. The smallest absolute Gasteiger partial charge is 0.196 e. The average Bonchev–Trinajstić information content (AvgIpc) is 3.17. The molecule has 0 bridgehead atoms. The van der Waals surface area contributed by atoms with Crippen LogP contribution in [-0.2, 0) is 15.9 Å². The van der Waals surface area contributed by atoms with Crippen LogP contribution < -0.4 is 14.9 Å². The summed E-state index contributed by atoms with van der Waals surface area (Å²) in [5.41, 5.74) is -0.230. The maximum absolute atomic E-state index is 12.6. The van der Waals surface area contributed by atoms with E-state index >= 15 is 0 Å². The van der Waals surface area contributed by atoms with Gasteiger partial charge >= 0.3 is 0 Å². The average molecular weight is 452 g/mol. The van der Waals surface area contributed by atoms with Crippen molar-refractivity contribution in [2.75, 3.05) is 13.7 Å². The molecule has 10 nitrogen and oxygen atoms in total. The van der Waals surface area contributed by atoms with Crippen molar-refractivity contribution in [2.45, 2.75) is 69.6 Å². The lowest BCUT2D eigenvalue weighted by atomic mass is 9.94. The molecular formula is C22H28O10. The van der Waals surface area contributed by atoms with Gasteiger partial charge in [-0.05, 0) is 20.8 Å². The predicted molar refractivity (Wildman–Crippen MR) is 111 cm³/mol. The van der Waals surface area contributed by atoms with Gasteiger partial charge in [-0.25, -0.2) is 0 Å². The summed E-state index contributed by atoms with van der Waals surface area (Å²) in [5.74, 6) is 1.32. The molecule has 0 aliphatic carbocycles. The Balaban J connectivity index is 1.62. The Kier molecular flexibility index (Phi) is 5.95. The molecule has 176 valence electrons. The topological polar surface area (TPSA) is 148 Å². The fraction of sp³-hybridized carbons (Fsp3) is 0.591. The van der Waals surface area contributed by atoms with Gasteiger partial charge in [-0.1, -0.05) is 0 Å². The van der Waals surface area contributed by atoms with Crippen LogP contribution in [0.4, 0.5) is 0 Å². The van der Waals surface area contributed by atoms with Gasteiger partial charge in [0, 0.05) is 24.1 Å². The van der Waals surface area contributed by atoms with Crippen molar-refractivity contribution in [3.8, 4) is 11.5 Å². The maximum atomic E-state index is 12.6. The van der Waals surface area contributed by atoms with Crippen molar-refractivity contribution in [3.05, 3.63) is 33.7 Å². The van der Waals surface area contributed by atoms with Gasteiger partial charge in [0.15, 0.2) is 11.7 Å². The molecule has 1 aromatic heterocycles. The molecule has 2 aliphatic rings. The number of benzene rings is 1. The van der Waals surface area contributed by atoms with E-state index in [0.717, 1.165) is 0 Å². The van der Waals surface area contributed by atoms with Crippen LogP contribution in [0.25, 0.3) is 11.0 Å². The lowest BCUT2D eigenvalue weighted by Crippen LogP contribution is -2.61. The number of methoxy groups -OCH3 is 1. The molecule has 1 unspecified atom stereocenters. The van der Waals surface area contributed by atoms with Crippen LogP contribution in [0.1, 0.15) is 25.2 Å². The first kappa shape index (κ1) is 23.0. The summed E-state index contributed by atoms with van der Waals surface area (Å²) >= 11 is 0. The third kappa shape index (κ3) is 3.76. The minimum Gasteiger partial charge on any atom is -0.495 e. The zero-order valence-corrected chi connectivity index (χ0v) is 18.3. The summed E-state index contributed by atoms with van der Waals surface area (Å²) in [7, 11) is 1.47. The molecule has 0 amide bonds. The highest BCUT2D eigenvalue weighted by Gasteiger charge is 2.48. The molecule has 0 saturated carbocycles. The Labute approximate surface area is 183 Å². The second-order valence-corrected chi connectivity index (χ2v) is 8.71. The van der Waals surface area contributed by atoms with E-state index in [0.29, 0.717) is 40.2 Å². The summed E-state index contributed by atoms with van der Waals surface area (Å²) in [6.45, 7) is 4.58. The molecule has 1 aromatic carbocycles. The predicted octanol–water partition coefficient (Wildman–Crippen LogP) is 0.00862. The van der Waals surface area contributed by atoms with Gasteiger partial charge in [-0.15, -0.1) is 0 Å². The first-order valence-corrected chi connectivity index (χ1v) is 10.4. The zero-order valence-electron chi connectivity index (χ0n) is 18.3. The lowest BCUT2D eigenvalue weighted by molar-refractivity contribution is -0.329. The van der Waals surface area contributed by atoms with Crippen LogP contribution in [0.5, 0.6) is 11.5 Å². The molecule has 32 heavy (non-hydrogen) atoms. The number of rotatable bonds is 5. The van der Waals surface area contributed by atoms with Crippen molar-refractivity contribution in [3.63, 3.8) is 0 Å². The Morgan fingerprint density at radius 3 is 2.53 bits per heavy atom. The second kappa shape index (κ2) is 8.29. The summed E-state index contributed by atoms with van der Waals surface area (Å²) in [6, 6.07) is 3.04. The van der Waals surface area contributed by atoms with Crippen molar-refractivity contribution < 1.29 is 43.8 Å². The van der Waals surface area contributed by atoms with Crippen molar-refractivity contribution in [1.82, 2.24) is 0 Å². The number of hydrogen-bond acceptors (Lipinski definition) is 10. The van der Waals surface area contributed by atoms with Gasteiger partial charge < -0.3 is 43.8 Å². The van der Waals surface area contributed by atoms with Gasteiger partial charge in [-0.3, -0.25) is 4.79 Å². The Morgan fingerprint density at radius 1 is 1.16 bits per heavy atom. The van der Waals surface area contributed by atoms with Gasteiger partial charge in [0.05, 0.1) is 13.7 Å². The molecule has 0 spiro atoms. The minimum atomic E-state index is -1.55. The summed E-state index contributed by atoms with van der Waals surface area (Å²) in [5, 5.41) is 40.1. The molecule has 2 aromatic rings. The summed E-state index contributed by atoms with van der Waals surface area (Å²) in [6.07, 6.45) is -7.17. The van der Waals surface area contributed by atoms with Crippen LogP contribution in [0.3, 0.4) is 0 Å². The molecule has 0 radical (unpaired) electrons. The minimum absolute atomic E-state index is 0.219. The van der Waals surface area contributed by atoms with Crippen LogP contribution in [0, 0.1) is 6.92 Å². The van der Waals surface area contributed by atoms with Crippen LogP contribution >= 0.6 is 0 Å². The summed E-state index contributed by atoms with van der Waals surface area (Å²) < 4.78 is 28.8. The van der Waals surface area contributed by atoms with Crippen molar-refractivity contribution >= 4 is 11.0 Å². The third-order valence-corrected chi connectivity index (χ3v) is 6.07. The van der Waals surface area contributed by atoms with Crippen LogP contribution in [0.15, 0.2) is 21.3 Å². The standard InChI is InChI=1S/C22H28O10/c1-9-5-11(24)16-13(29-9)7-12-10(20(16)28-4)6-15(30-12)22(2,3)32-21-19(27)18(26)17(25)14(8-23)31-21/h5,7,14-15,17-19,21,23,25-27H,6,8H2,1-4H3/t14-,15?,17-,18+,19-,21+/m0/s1. The molecule has 6 atom stereocenters. The Hall–Kier alpha value is -2.21. The first-order chi connectivity index (χ1) is 15.1. The number of hydrogen-bond donors (Lipinski definition) is 4. The highest BCUT2D eigenvalue weighted by Crippen LogP contribution is 2.44. The molecule has 4 N–H and O–H groups in total. The van der Waals surface area contributed by atoms with Crippen molar-refractivity contribution in [2.24, 2.45) is 0 Å². The fourth-order valence-electron chi connectivity index (χ4n) is 4.26. The number of aliphatic hydroxyl groups excluding tert-OH is 4. The van der Waals surface area contributed by atoms with Crippen LogP contribution in [-0.4, -0.2) is 76.6 Å². The van der Waals surface area contributed by atoms with E-state index in [2.05, 4.69) is 0 Å². The van der Waals surface area contributed by atoms with E-state index in [-0.39, 0.29) is 5.43 Å². The Morgan fingerprint density at radius 2 is 1.88 bits per heavy atom. The van der Waals surface area contributed by atoms with Crippen molar-refractivity contribution in [1.29, 1.82) is 0 Å².